The molecule has 2 fully saturated rings. The van der Waals surface area contributed by atoms with Crippen LogP contribution in [0.2, 0.25) is 0 Å². The van der Waals surface area contributed by atoms with Gasteiger partial charge in [-0.25, -0.2) is 9.18 Å². The summed E-state index contributed by atoms with van der Waals surface area (Å²) in [6.07, 6.45) is 11.0. The molecule has 2 aliphatic rings. The zero-order valence-electron chi connectivity index (χ0n) is 19.5. The molecule has 34 heavy (non-hydrogen) atoms. The number of carbonyl (C=O) groups excluding carboxylic acids is 1. The zero-order valence-corrected chi connectivity index (χ0v) is 19.5. The molecule has 0 spiro atoms. The molecule has 0 aliphatic heterocycles. The van der Waals surface area contributed by atoms with Crippen LogP contribution in [0.5, 0.6) is 11.5 Å². The SMILES string of the molecule is C=CCCC1CCC2CC(c3ccc(C(=O)Oc4ccc(OC)c(F)c4F)cc3F)CCC2C1. The van der Waals surface area contributed by atoms with Crippen molar-refractivity contribution in [2.45, 2.75) is 57.3 Å². The van der Waals surface area contributed by atoms with E-state index in [0.29, 0.717) is 11.5 Å². The lowest BCUT2D eigenvalue weighted by Crippen LogP contribution is -2.30. The van der Waals surface area contributed by atoms with Gasteiger partial charge in [-0.3, -0.25) is 0 Å². The van der Waals surface area contributed by atoms with Gasteiger partial charge < -0.3 is 9.47 Å². The molecule has 3 nitrogen and oxygen atoms in total. The number of allylic oxidation sites excluding steroid dienone is 1. The van der Waals surface area contributed by atoms with Gasteiger partial charge in [-0.05, 0) is 98.4 Å². The lowest BCUT2D eigenvalue weighted by Gasteiger charge is -2.42. The first-order chi connectivity index (χ1) is 16.4. The predicted octanol–water partition coefficient (Wildman–Crippen LogP) is 7.60. The molecular weight excluding hydrogens is 441 g/mol. The number of rotatable bonds is 7. The quantitative estimate of drug-likeness (QED) is 0.236. The molecule has 6 heteroatoms. The number of ether oxygens (including phenoxy) is 2. The first-order valence-electron chi connectivity index (χ1n) is 12.1. The molecule has 0 N–H and O–H groups in total. The molecule has 0 heterocycles. The normalized spacial score (nSPS) is 24.2. The van der Waals surface area contributed by atoms with E-state index in [1.54, 1.807) is 6.07 Å². The third-order valence-electron chi connectivity index (χ3n) is 7.61. The minimum absolute atomic E-state index is 0.0479. The fourth-order valence-corrected chi connectivity index (χ4v) is 5.78. The van der Waals surface area contributed by atoms with Crippen LogP contribution in [0.15, 0.2) is 43.0 Å². The van der Waals surface area contributed by atoms with Gasteiger partial charge >= 0.3 is 5.97 Å². The van der Waals surface area contributed by atoms with Crippen molar-refractivity contribution >= 4 is 5.97 Å². The van der Waals surface area contributed by atoms with Gasteiger partial charge in [0, 0.05) is 0 Å². The van der Waals surface area contributed by atoms with E-state index in [2.05, 4.69) is 6.58 Å². The van der Waals surface area contributed by atoms with Crippen LogP contribution in [0.3, 0.4) is 0 Å². The monoisotopic (exact) mass is 472 g/mol. The summed E-state index contributed by atoms with van der Waals surface area (Å²) in [6, 6.07) is 6.53. The summed E-state index contributed by atoms with van der Waals surface area (Å²) >= 11 is 0. The van der Waals surface area contributed by atoms with Crippen LogP contribution in [-0.2, 0) is 0 Å². The maximum absolute atomic E-state index is 15.0. The van der Waals surface area contributed by atoms with E-state index >= 15 is 4.39 Å². The Morgan fingerprint density at radius 2 is 1.71 bits per heavy atom. The van der Waals surface area contributed by atoms with Gasteiger partial charge in [0.25, 0.3) is 0 Å². The highest BCUT2D eigenvalue weighted by Crippen LogP contribution is 2.48. The summed E-state index contributed by atoms with van der Waals surface area (Å²) in [4.78, 5) is 12.5. The Kier molecular flexibility index (Phi) is 7.64. The fraction of sp³-hybridized carbons (Fsp3) is 0.464. The van der Waals surface area contributed by atoms with E-state index < -0.39 is 29.2 Å². The van der Waals surface area contributed by atoms with Gasteiger partial charge in [0.1, 0.15) is 5.82 Å². The summed E-state index contributed by atoms with van der Waals surface area (Å²) in [5.74, 6) is -2.61. The summed E-state index contributed by atoms with van der Waals surface area (Å²) in [5.41, 5.74) is 0.568. The van der Waals surface area contributed by atoms with Crippen LogP contribution in [0, 0.1) is 35.2 Å². The first kappa shape index (κ1) is 24.4. The summed E-state index contributed by atoms with van der Waals surface area (Å²) < 4.78 is 52.7. The van der Waals surface area contributed by atoms with Crippen molar-refractivity contribution in [2.24, 2.45) is 17.8 Å². The van der Waals surface area contributed by atoms with Crippen molar-refractivity contribution in [3.05, 3.63) is 71.6 Å². The molecule has 0 saturated heterocycles. The van der Waals surface area contributed by atoms with E-state index in [0.717, 1.165) is 55.7 Å². The smallest absolute Gasteiger partial charge is 0.343 e. The van der Waals surface area contributed by atoms with Crippen molar-refractivity contribution in [3.63, 3.8) is 0 Å². The molecule has 4 atom stereocenters. The Labute approximate surface area is 199 Å². The number of hydrogen-bond acceptors (Lipinski definition) is 3. The van der Waals surface area contributed by atoms with E-state index in [9.17, 15) is 13.6 Å². The van der Waals surface area contributed by atoms with Crippen molar-refractivity contribution in [1.82, 2.24) is 0 Å². The molecule has 0 bridgehead atoms. The molecule has 0 radical (unpaired) electrons. The largest absolute Gasteiger partial charge is 0.494 e. The highest BCUT2D eigenvalue weighted by Gasteiger charge is 2.36. The number of halogens is 3. The van der Waals surface area contributed by atoms with E-state index in [4.69, 9.17) is 9.47 Å². The topological polar surface area (TPSA) is 35.5 Å². The minimum atomic E-state index is -1.33. The van der Waals surface area contributed by atoms with Gasteiger partial charge in [0.2, 0.25) is 11.6 Å². The van der Waals surface area contributed by atoms with Crippen LogP contribution in [0.4, 0.5) is 13.2 Å². The molecule has 2 aromatic rings. The van der Waals surface area contributed by atoms with Crippen molar-refractivity contribution in [3.8, 4) is 11.5 Å². The Balaban J connectivity index is 1.40. The molecule has 4 rings (SSSR count). The Morgan fingerprint density at radius 3 is 2.44 bits per heavy atom. The fourth-order valence-electron chi connectivity index (χ4n) is 5.78. The van der Waals surface area contributed by atoms with Crippen LogP contribution in [0.1, 0.15) is 73.2 Å². The highest BCUT2D eigenvalue weighted by molar-refractivity contribution is 5.91. The number of esters is 1. The highest BCUT2D eigenvalue weighted by atomic mass is 19.2. The lowest BCUT2D eigenvalue weighted by molar-refractivity contribution is 0.0725. The Morgan fingerprint density at radius 1 is 1.00 bits per heavy atom. The summed E-state index contributed by atoms with van der Waals surface area (Å²) in [6.45, 7) is 3.83. The molecule has 182 valence electrons. The Bertz CT molecular complexity index is 1050. The van der Waals surface area contributed by atoms with Crippen molar-refractivity contribution in [1.29, 1.82) is 0 Å². The standard InChI is InChI=1S/C28H31F3O3/c1-3-4-5-17-6-7-19-15-20(9-8-18(19)14-17)22-11-10-21(16-23(22)29)28(32)34-25-13-12-24(33-2)26(30)27(25)31/h3,10-13,16-20H,1,4-9,14-15H2,2H3. The lowest BCUT2D eigenvalue weighted by atomic mass is 9.63. The zero-order chi connectivity index (χ0) is 24.2. The molecule has 0 amide bonds. The van der Waals surface area contributed by atoms with Crippen LogP contribution < -0.4 is 9.47 Å². The van der Waals surface area contributed by atoms with E-state index in [1.807, 2.05) is 6.08 Å². The summed E-state index contributed by atoms with van der Waals surface area (Å²) in [7, 11) is 1.20. The number of benzene rings is 2. The molecule has 0 aromatic heterocycles. The second kappa shape index (κ2) is 10.7. The molecular formula is C28H31F3O3. The number of hydrogen-bond donors (Lipinski definition) is 0. The van der Waals surface area contributed by atoms with Crippen LogP contribution >= 0.6 is 0 Å². The van der Waals surface area contributed by atoms with Crippen LogP contribution in [0.25, 0.3) is 0 Å². The van der Waals surface area contributed by atoms with Gasteiger partial charge in [-0.2, -0.15) is 8.78 Å². The van der Waals surface area contributed by atoms with Crippen molar-refractivity contribution < 1.29 is 27.4 Å². The van der Waals surface area contributed by atoms with Gasteiger partial charge in [-0.15, -0.1) is 6.58 Å². The number of methoxy groups -OCH3 is 1. The number of carbonyl (C=O) groups is 1. The van der Waals surface area contributed by atoms with Crippen LogP contribution in [-0.4, -0.2) is 13.1 Å². The maximum Gasteiger partial charge on any atom is 0.343 e. The van der Waals surface area contributed by atoms with Gasteiger partial charge in [-0.1, -0.05) is 18.6 Å². The predicted molar refractivity (Wildman–Crippen MR) is 125 cm³/mol. The second-order valence-electron chi connectivity index (χ2n) is 9.59. The maximum atomic E-state index is 15.0. The molecule has 2 aliphatic carbocycles. The van der Waals surface area contributed by atoms with Gasteiger partial charge in [0.15, 0.2) is 11.5 Å². The molecule has 4 unspecified atom stereocenters. The number of fused-ring (bicyclic) bond motifs is 1. The first-order valence-corrected chi connectivity index (χ1v) is 12.1. The summed E-state index contributed by atoms with van der Waals surface area (Å²) in [5, 5.41) is 0. The van der Waals surface area contributed by atoms with E-state index in [1.165, 1.54) is 38.9 Å². The molecule has 2 saturated carbocycles. The second-order valence-corrected chi connectivity index (χ2v) is 9.59. The van der Waals surface area contributed by atoms with Crippen molar-refractivity contribution in [2.75, 3.05) is 7.11 Å². The van der Waals surface area contributed by atoms with E-state index in [-0.39, 0.29) is 17.2 Å². The Hall–Kier alpha value is -2.76. The molecule has 2 aromatic carbocycles. The average Bonchev–Trinajstić information content (AvgIpc) is 2.85. The van der Waals surface area contributed by atoms with Gasteiger partial charge in [0.05, 0.1) is 12.7 Å². The third-order valence-corrected chi connectivity index (χ3v) is 7.61. The average molecular weight is 473 g/mol. The minimum Gasteiger partial charge on any atom is -0.494 e. The third kappa shape index (κ3) is 5.16.